The third-order valence-corrected chi connectivity index (χ3v) is 3.86. The summed E-state index contributed by atoms with van der Waals surface area (Å²) in [7, 11) is 2.07. The molecule has 2 aromatic rings. The zero-order valence-corrected chi connectivity index (χ0v) is 13.6. The van der Waals surface area contributed by atoms with E-state index >= 15 is 0 Å². The van der Waals surface area contributed by atoms with Crippen molar-refractivity contribution in [3.63, 3.8) is 0 Å². The van der Waals surface area contributed by atoms with E-state index in [1.54, 1.807) is 0 Å². The molecule has 0 radical (unpaired) electrons. The first kappa shape index (κ1) is 14.3. The second-order valence-electron chi connectivity index (χ2n) is 4.40. The molecular weight excluding hydrogens is 367 g/mol. The molecule has 2 N–H and O–H groups in total. The van der Waals surface area contributed by atoms with Crippen LogP contribution in [0.2, 0.25) is 0 Å². The van der Waals surface area contributed by atoms with Gasteiger partial charge < -0.3 is 10.6 Å². The summed E-state index contributed by atoms with van der Waals surface area (Å²) in [5.41, 5.74) is 8.96. The van der Waals surface area contributed by atoms with Crippen LogP contribution in [0.5, 0.6) is 0 Å². The molecule has 2 rings (SSSR count). The fourth-order valence-corrected chi connectivity index (χ4v) is 2.34. The van der Waals surface area contributed by atoms with Crippen LogP contribution in [0.25, 0.3) is 0 Å². The Labute approximate surface area is 132 Å². The van der Waals surface area contributed by atoms with Crippen LogP contribution >= 0.6 is 34.8 Å². The van der Waals surface area contributed by atoms with Crippen molar-refractivity contribution in [3.8, 4) is 0 Å². The van der Waals surface area contributed by atoms with Crippen LogP contribution in [0, 0.1) is 3.57 Å². The Balaban J connectivity index is 2.15. The van der Waals surface area contributed by atoms with Gasteiger partial charge in [0.1, 0.15) is 4.99 Å². The second-order valence-corrected chi connectivity index (χ2v) is 6.08. The van der Waals surface area contributed by atoms with Crippen molar-refractivity contribution in [1.29, 1.82) is 0 Å². The molecule has 0 fully saturated rings. The molecule has 2 nitrogen and oxygen atoms in total. The van der Waals surface area contributed by atoms with Crippen molar-refractivity contribution in [3.05, 3.63) is 63.2 Å². The van der Waals surface area contributed by atoms with Gasteiger partial charge in [-0.25, -0.2) is 0 Å². The summed E-state index contributed by atoms with van der Waals surface area (Å²) in [6.07, 6.45) is 0. The molecule has 0 saturated carbocycles. The van der Waals surface area contributed by atoms with Gasteiger partial charge in [-0.2, -0.15) is 0 Å². The summed E-state index contributed by atoms with van der Waals surface area (Å²) in [5, 5.41) is 0. The molecule has 2 aromatic carbocycles. The number of hydrogen-bond donors (Lipinski definition) is 1. The van der Waals surface area contributed by atoms with Crippen LogP contribution in [-0.2, 0) is 6.54 Å². The molecule has 19 heavy (non-hydrogen) atoms. The van der Waals surface area contributed by atoms with Crippen molar-refractivity contribution in [2.24, 2.45) is 5.73 Å². The van der Waals surface area contributed by atoms with Gasteiger partial charge in [0, 0.05) is 28.4 Å². The molecule has 0 amide bonds. The third kappa shape index (κ3) is 3.91. The minimum absolute atomic E-state index is 0.435. The average molecular weight is 382 g/mol. The number of hydrogen-bond acceptors (Lipinski definition) is 2. The second kappa shape index (κ2) is 6.34. The Morgan fingerprint density at radius 3 is 2.53 bits per heavy atom. The largest absolute Gasteiger partial charge is 0.389 e. The molecule has 0 aliphatic rings. The Morgan fingerprint density at radius 2 is 1.89 bits per heavy atom. The average Bonchev–Trinajstić information content (AvgIpc) is 2.41. The van der Waals surface area contributed by atoms with Gasteiger partial charge in [0.15, 0.2) is 0 Å². The van der Waals surface area contributed by atoms with E-state index in [0.717, 1.165) is 17.8 Å². The number of halogens is 1. The zero-order valence-electron chi connectivity index (χ0n) is 10.6. The molecule has 0 bridgehead atoms. The van der Waals surface area contributed by atoms with Crippen molar-refractivity contribution >= 4 is 45.5 Å². The first-order chi connectivity index (χ1) is 9.06. The lowest BCUT2D eigenvalue weighted by Gasteiger charge is -2.20. The van der Waals surface area contributed by atoms with Gasteiger partial charge in [-0.15, -0.1) is 0 Å². The topological polar surface area (TPSA) is 29.3 Å². The van der Waals surface area contributed by atoms with Gasteiger partial charge in [-0.1, -0.05) is 36.5 Å². The van der Waals surface area contributed by atoms with Gasteiger partial charge in [-0.3, -0.25) is 0 Å². The number of nitrogens with zero attached hydrogens (tertiary/aromatic N) is 1. The predicted molar refractivity (Wildman–Crippen MR) is 93.6 cm³/mol. The van der Waals surface area contributed by atoms with Gasteiger partial charge in [-0.05, 0) is 52.4 Å². The fourth-order valence-electron chi connectivity index (χ4n) is 1.85. The van der Waals surface area contributed by atoms with Crippen molar-refractivity contribution < 1.29 is 0 Å². The maximum atomic E-state index is 5.66. The minimum Gasteiger partial charge on any atom is -0.389 e. The van der Waals surface area contributed by atoms with E-state index in [1.165, 1.54) is 9.13 Å². The predicted octanol–water partition coefficient (Wildman–Crippen LogP) is 3.56. The highest BCUT2D eigenvalue weighted by Crippen LogP contribution is 2.18. The summed E-state index contributed by atoms with van der Waals surface area (Å²) in [4.78, 5) is 2.62. The van der Waals surface area contributed by atoms with Crippen molar-refractivity contribution in [1.82, 2.24) is 0 Å². The summed E-state index contributed by atoms with van der Waals surface area (Å²) in [6, 6.07) is 16.5. The quantitative estimate of drug-likeness (QED) is 0.648. The molecule has 0 spiro atoms. The molecule has 0 aliphatic heterocycles. The van der Waals surface area contributed by atoms with E-state index < -0.39 is 0 Å². The smallest absolute Gasteiger partial charge is 0.104 e. The Kier molecular flexibility index (Phi) is 4.76. The highest BCUT2D eigenvalue weighted by molar-refractivity contribution is 14.1. The third-order valence-electron chi connectivity index (χ3n) is 2.90. The number of benzene rings is 2. The highest BCUT2D eigenvalue weighted by atomic mass is 127. The molecular formula is C15H15IN2S. The number of anilines is 1. The maximum absolute atomic E-state index is 5.66. The fraction of sp³-hybridized carbons (Fsp3) is 0.133. The van der Waals surface area contributed by atoms with E-state index in [9.17, 15) is 0 Å². The minimum atomic E-state index is 0.435. The standard InChI is InChI=1S/C15H15IN2S/c1-18(10-11-5-7-13(16)8-6-11)14-4-2-3-12(9-14)15(17)19/h2-9H,10H2,1H3,(H2,17,19). The normalized spacial score (nSPS) is 10.2. The number of thiocarbonyl (C=S) groups is 1. The molecule has 0 aliphatic carbocycles. The summed E-state index contributed by atoms with van der Waals surface area (Å²) in [5.74, 6) is 0. The lowest BCUT2D eigenvalue weighted by atomic mass is 10.1. The van der Waals surface area contributed by atoms with Crippen LogP contribution in [-0.4, -0.2) is 12.0 Å². The van der Waals surface area contributed by atoms with E-state index in [0.29, 0.717) is 4.99 Å². The van der Waals surface area contributed by atoms with Crippen LogP contribution in [0.3, 0.4) is 0 Å². The first-order valence-corrected chi connectivity index (χ1v) is 7.40. The number of nitrogens with two attached hydrogens (primary N) is 1. The van der Waals surface area contributed by atoms with Gasteiger partial charge in [0.2, 0.25) is 0 Å². The summed E-state index contributed by atoms with van der Waals surface area (Å²) in [6.45, 7) is 0.859. The van der Waals surface area contributed by atoms with Crippen molar-refractivity contribution in [2.75, 3.05) is 11.9 Å². The molecule has 0 heterocycles. The van der Waals surface area contributed by atoms with Gasteiger partial charge in [0.05, 0.1) is 0 Å². The van der Waals surface area contributed by atoms with E-state index in [2.05, 4.69) is 64.9 Å². The summed E-state index contributed by atoms with van der Waals surface area (Å²) < 4.78 is 1.25. The zero-order chi connectivity index (χ0) is 13.8. The van der Waals surface area contributed by atoms with Gasteiger partial charge in [0.25, 0.3) is 0 Å². The lowest BCUT2D eigenvalue weighted by molar-refractivity contribution is 0.922. The first-order valence-electron chi connectivity index (χ1n) is 5.92. The monoisotopic (exact) mass is 382 g/mol. The molecule has 0 unspecified atom stereocenters. The Bertz CT molecular complexity index is 581. The highest BCUT2D eigenvalue weighted by Gasteiger charge is 2.04. The maximum Gasteiger partial charge on any atom is 0.104 e. The summed E-state index contributed by atoms with van der Waals surface area (Å²) >= 11 is 7.32. The van der Waals surface area contributed by atoms with Crippen molar-refractivity contribution in [2.45, 2.75) is 6.54 Å². The Hall–Kier alpha value is -1.14. The van der Waals surface area contributed by atoms with E-state index in [-0.39, 0.29) is 0 Å². The Morgan fingerprint density at radius 1 is 1.21 bits per heavy atom. The van der Waals surface area contributed by atoms with Gasteiger partial charge >= 0.3 is 0 Å². The van der Waals surface area contributed by atoms with E-state index in [4.69, 9.17) is 18.0 Å². The molecule has 0 aromatic heterocycles. The van der Waals surface area contributed by atoms with Crippen LogP contribution in [0.1, 0.15) is 11.1 Å². The van der Waals surface area contributed by atoms with Crippen LogP contribution in [0.4, 0.5) is 5.69 Å². The molecule has 98 valence electrons. The van der Waals surface area contributed by atoms with Crippen LogP contribution in [0.15, 0.2) is 48.5 Å². The molecule has 4 heteroatoms. The van der Waals surface area contributed by atoms with E-state index in [1.807, 2.05) is 18.2 Å². The lowest BCUT2D eigenvalue weighted by Crippen LogP contribution is -2.17. The SMILES string of the molecule is CN(Cc1ccc(I)cc1)c1cccc(C(N)=S)c1. The molecule has 0 atom stereocenters. The molecule has 0 saturated heterocycles. The van der Waals surface area contributed by atoms with Crippen LogP contribution < -0.4 is 10.6 Å². The number of rotatable bonds is 4.